The number of nitrogens with two attached hydrogens (primary N) is 7. The zero-order valence-electron chi connectivity index (χ0n) is 26.1. The zero-order valence-corrected chi connectivity index (χ0v) is 26.1. The Morgan fingerprint density at radius 2 is 1.15 bits per heavy atom. The number of hydrogen-bond acceptors (Lipinski definition) is 21. The lowest BCUT2D eigenvalue weighted by Crippen LogP contribution is -2.68. The second-order valence-corrected chi connectivity index (χ2v) is 12.6. The molecule has 22 heteroatoms. The maximum atomic E-state index is 12.3. The van der Waals surface area contributed by atoms with Crippen molar-refractivity contribution in [1.82, 2.24) is 5.32 Å². The molecule has 0 bridgehead atoms. The average molecular weight is 701 g/mol. The summed E-state index contributed by atoms with van der Waals surface area (Å²) in [5.41, 5.74) is 41.6. The Kier molecular flexibility index (Phi) is 13.8. The predicted molar refractivity (Wildman–Crippen MR) is 159 cm³/mol. The molecule has 280 valence electrons. The van der Waals surface area contributed by atoms with Crippen LogP contribution in [0.3, 0.4) is 0 Å². The first-order valence-corrected chi connectivity index (χ1v) is 15.7. The third kappa shape index (κ3) is 8.24. The van der Waals surface area contributed by atoms with Crippen molar-refractivity contribution >= 4 is 5.91 Å². The molecule has 1 aliphatic carbocycles. The number of aliphatic hydroxyl groups excluding tert-OH is 7. The largest absolute Gasteiger partial charge is 0.394 e. The van der Waals surface area contributed by atoms with Gasteiger partial charge in [-0.3, -0.25) is 4.79 Å². The Labute approximate surface area is 275 Å². The molecule has 4 aliphatic rings. The van der Waals surface area contributed by atoms with Crippen LogP contribution in [0.4, 0.5) is 0 Å². The van der Waals surface area contributed by atoms with Crippen LogP contribution in [0.1, 0.15) is 6.42 Å². The van der Waals surface area contributed by atoms with Crippen LogP contribution in [0.2, 0.25) is 0 Å². The highest BCUT2D eigenvalue weighted by molar-refractivity contribution is 5.81. The Bertz CT molecular complexity index is 1040. The highest BCUT2D eigenvalue weighted by Crippen LogP contribution is 2.34. The molecule has 1 saturated carbocycles. The summed E-state index contributed by atoms with van der Waals surface area (Å²) in [5.74, 6) is -0.758. The van der Waals surface area contributed by atoms with Crippen LogP contribution in [-0.4, -0.2) is 190 Å². The van der Waals surface area contributed by atoms with E-state index in [9.17, 15) is 40.5 Å². The quantitative estimate of drug-likeness (QED) is 0.0898. The van der Waals surface area contributed by atoms with Gasteiger partial charge < -0.3 is 110 Å². The molecule has 0 aromatic rings. The molecule has 3 aliphatic heterocycles. The first kappa shape index (κ1) is 39.5. The summed E-state index contributed by atoms with van der Waals surface area (Å²) in [4.78, 5) is 12.3. The van der Waals surface area contributed by atoms with Gasteiger partial charge in [0.25, 0.3) is 0 Å². The van der Waals surface area contributed by atoms with Gasteiger partial charge in [0.15, 0.2) is 18.9 Å². The summed E-state index contributed by atoms with van der Waals surface area (Å²) in [5, 5.41) is 75.7. The van der Waals surface area contributed by atoms with E-state index >= 15 is 0 Å². The van der Waals surface area contributed by atoms with Crippen LogP contribution in [0, 0.1) is 0 Å². The van der Waals surface area contributed by atoms with E-state index in [0.717, 1.165) is 0 Å². The molecule has 3 saturated heterocycles. The lowest BCUT2D eigenvalue weighted by atomic mass is 9.84. The van der Waals surface area contributed by atoms with Crippen LogP contribution < -0.4 is 45.5 Å². The third-order valence-electron chi connectivity index (χ3n) is 9.20. The van der Waals surface area contributed by atoms with E-state index < -0.39 is 135 Å². The third-order valence-corrected chi connectivity index (χ3v) is 9.20. The smallest absolute Gasteiger partial charge is 0.239 e. The van der Waals surface area contributed by atoms with Crippen molar-refractivity contribution < 1.29 is 69.0 Å². The number of rotatable bonds is 12. The molecule has 0 radical (unpaired) electrons. The Morgan fingerprint density at radius 3 is 1.65 bits per heavy atom. The summed E-state index contributed by atoms with van der Waals surface area (Å²) in [7, 11) is 0. The van der Waals surface area contributed by atoms with Gasteiger partial charge >= 0.3 is 0 Å². The van der Waals surface area contributed by atoms with Gasteiger partial charge in [0.05, 0.1) is 24.8 Å². The van der Waals surface area contributed by atoms with Crippen LogP contribution in [-0.2, 0) is 33.2 Å². The number of aliphatic hydroxyl groups is 7. The highest BCUT2D eigenvalue weighted by atomic mass is 16.8. The monoisotopic (exact) mass is 700 g/mol. The first-order chi connectivity index (χ1) is 22.6. The molecule has 0 spiro atoms. The van der Waals surface area contributed by atoms with Crippen molar-refractivity contribution in [3.8, 4) is 0 Å². The van der Waals surface area contributed by atoms with Crippen molar-refractivity contribution in [2.24, 2.45) is 40.1 Å². The summed E-state index contributed by atoms with van der Waals surface area (Å²) in [6.07, 6.45) is -20.7. The van der Waals surface area contributed by atoms with Crippen molar-refractivity contribution in [3.05, 3.63) is 0 Å². The molecule has 22 nitrogen and oxygen atoms in total. The summed E-state index contributed by atoms with van der Waals surface area (Å²) >= 11 is 0. The lowest BCUT2D eigenvalue weighted by molar-refractivity contribution is -0.306. The van der Waals surface area contributed by atoms with E-state index in [0.29, 0.717) is 0 Å². The molecule has 22 N–H and O–H groups in total. The molecular weight excluding hydrogens is 648 g/mol. The fourth-order valence-electron chi connectivity index (χ4n) is 6.18. The number of nitrogens with one attached hydrogen (secondary N) is 1. The van der Waals surface area contributed by atoms with Gasteiger partial charge in [-0.25, -0.2) is 0 Å². The molecule has 4 fully saturated rings. The van der Waals surface area contributed by atoms with Crippen LogP contribution in [0.15, 0.2) is 0 Å². The minimum Gasteiger partial charge on any atom is -0.394 e. The molecule has 0 unspecified atom stereocenters. The molecule has 0 aromatic carbocycles. The molecule has 4 rings (SSSR count). The number of amides is 1. The van der Waals surface area contributed by atoms with Crippen molar-refractivity contribution in [2.45, 2.75) is 129 Å². The van der Waals surface area contributed by atoms with Gasteiger partial charge in [0.2, 0.25) is 5.91 Å². The van der Waals surface area contributed by atoms with Gasteiger partial charge in [0, 0.05) is 31.7 Å². The summed E-state index contributed by atoms with van der Waals surface area (Å²) in [6.45, 7) is -1.40. The number of carbonyl (C=O) groups excluding carboxylic acids is 1. The van der Waals surface area contributed by atoms with Crippen molar-refractivity contribution in [2.75, 3.05) is 26.2 Å². The van der Waals surface area contributed by atoms with E-state index in [1.165, 1.54) is 0 Å². The molecule has 3 heterocycles. The van der Waals surface area contributed by atoms with E-state index in [1.807, 2.05) is 0 Å². The van der Waals surface area contributed by atoms with Crippen LogP contribution in [0.5, 0.6) is 0 Å². The fraction of sp³-hybridized carbons (Fsp3) is 0.962. The minimum atomic E-state index is -1.69. The second kappa shape index (κ2) is 16.8. The van der Waals surface area contributed by atoms with E-state index in [2.05, 4.69) is 5.32 Å². The first-order valence-electron chi connectivity index (χ1n) is 15.7. The van der Waals surface area contributed by atoms with Crippen LogP contribution >= 0.6 is 0 Å². The minimum absolute atomic E-state index is 0.0477. The number of hydrogen-bond donors (Lipinski definition) is 15. The number of ether oxygens (including phenoxy) is 6. The van der Waals surface area contributed by atoms with Gasteiger partial charge in [-0.05, 0) is 6.42 Å². The van der Waals surface area contributed by atoms with Gasteiger partial charge in [-0.15, -0.1) is 0 Å². The molecule has 48 heavy (non-hydrogen) atoms. The van der Waals surface area contributed by atoms with E-state index in [4.69, 9.17) is 68.6 Å². The summed E-state index contributed by atoms with van der Waals surface area (Å²) in [6, 6.07) is -5.68. The maximum Gasteiger partial charge on any atom is 0.239 e. The molecular formula is C26H52N8O14. The Balaban J connectivity index is 1.56. The van der Waals surface area contributed by atoms with E-state index in [-0.39, 0.29) is 26.1 Å². The number of carbonyl (C=O) groups is 1. The topological polar surface area (TPSA) is 408 Å². The normalized spacial score (nSPS) is 49.1. The SMILES string of the molecule is NC[C@@H]1O[C@H](O[C@H]2[C@@H](O)[C@H](O[C@@H]3[C@@H](O)[C@H](N)C[C@H](N)[C@H]3O[C@H]3O[C@H](CN)[C@@H](O)[C@H](O)[C@H]3N)O[C@@H]2CNC(=O)[C@@H](N)CO)[C@H](N)[C@@H](O)[C@@H]1O. The fourth-order valence-corrected chi connectivity index (χ4v) is 6.18. The molecule has 20 atom stereocenters. The summed E-state index contributed by atoms with van der Waals surface area (Å²) < 4.78 is 35.3. The Morgan fingerprint density at radius 1 is 0.667 bits per heavy atom. The predicted octanol–water partition coefficient (Wildman–Crippen LogP) is -10.5. The second-order valence-electron chi connectivity index (χ2n) is 12.6. The van der Waals surface area contributed by atoms with E-state index in [1.54, 1.807) is 0 Å². The molecule has 0 aromatic heterocycles. The van der Waals surface area contributed by atoms with Gasteiger partial charge in [0.1, 0.15) is 73.2 Å². The molecule has 1 amide bonds. The zero-order chi connectivity index (χ0) is 35.6. The van der Waals surface area contributed by atoms with Crippen molar-refractivity contribution in [3.63, 3.8) is 0 Å². The Hall–Kier alpha value is -1.33. The van der Waals surface area contributed by atoms with Crippen molar-refractivity contribution in [1.29, 1.82) is 0 Å². The standard InChI is InChI=1S/C26H52N8O14/c27-2-9-15(37)17(39)12(32)24(43-9)46-20-7(30)1-6(29)14(36)22(20)48-26-19(41)21(11(45-26)4-34-23(42)8(31)5-35)47-25-13(33)18(40)16(38)10(3-28)44-25/h6-22,24-26,35-41H,1-5,27-33H2,(H,34,42)/t6-,7+,8+,9-,10+,11-,12-,13-,14+,15-,16-,17-,18-,19-,20-,21-,22-,24-,25-,26+/m1/s1. The maximum absolute atomic E-state index is 12.3. The highest BCUT2D eigenvalue weighted by Gasteiger charge is 2.54. The average Bonchev–Trinajstić information content (AvgIpc) is 3.36. The van der Waals surface area contributed by atoms with Gasteiger partial charge in [-0.1, -0.05) is 0 Å². The van der Waals surface area contributed by atoms with Crippen LogP contribution in [0.25, 0.3) is 0 Å². The lowest BCUT2D eigenvalue weighted by Gasteiger charge is -2.47. The van der Waals surface area contributed by atoms with Gasteiger partial charge in [-0.2, -0.15) is 0 Å².